The number of rotatable bonds is 7. The quantitative estimate of drug-likeness (QED) is 0.390. The number of nitrogens with zero attached hydrogens (tertiary/aromatic N) is 1. The van der Waals surface area contributed by atoms with E-state index in [0.717, 1.165) is 6.07 Å². The lowest BCUT2D eigenvalue weighted by atomic mass is 10.1. The van der Waals surface area contributed by atoms with Crippen molar-refractivity contribution in [2.24, 2.45) is 0 Å². The molecule has 0 saturated carbocycles. The Morgan fingerprint density at radius 3 is 2.53 bits per heavy atom. The van der Waals surface area contributed by atoms with E-state index in [1.54, 1.807) is 6.07 Å². The standard InChI is InChI=1S/C22H17ClFN3O5/c1-32-20-9-7-15(25-21(28)10-13-4-2-3-5-19(13)27(30)31)12-18(20)26-22(29)16-8-6-14(23)11-17(16)24/h2-9,11-12H,10H2,1H3,(H,25,28)(H,26,29). The lowest BCUT2D eigenvalue weighted by Crippen LogP contribution is -2.17. The van der Waals surface area contributed by atoms with Crippen LogP contribution in [0.15, 0.2) is 60.7 Å². The Bertz CT molecular complexity index is 1200. The van der Waals surface area contributed by atoms with E-state index in [0.29, 0.717) is 5.69 Å². The van der Waals surface area contributed by atoms with Crippen LogP contribution in [0.5, 0.6) is 5.75 Å². The number of hydrogen-bond acceptors (Lipinski definition) is 5. The van der Waals surface area contributed by atoms with Gasteiger partial charge in [-0.05, 0) is 36.4 Å². The summed E-state index contributed by atoms with van der Waals surface area (Å²) in [7, 11) is 1.39. The van der Waals surface area contributed by atoms with Crippen molar-refractivity contribution in [1.82, 2.24) is 0 Å². The first-order valence-electron chi connectivity index (χ1n) is 9.25. The summed E-state index contributed by atoms with van der Waals surface area (Å²) in [5.74, 6) is -1.74. The second kappa shape index (κ2) is 9.88. The van der Waals surface area contributed by atoms with Crippen molar-refractivity contribution in [2.45, 2.75) is 6.42 Å². The third kappa shape index (κ3) is 5.38. The lowest BCUT2D eigenvalue weighted by molar-refractivity contribution is -0.385. The molecule has 0 aliphatic heterocycles. The number of anilines is 2. The summed E-state index contributed by atoms with van der Waals surface area (Å²) in [6.07, 6.45) is -0.221. The van der Waals surface area contributed by atoms with Crippen molar-refractivity contribution in [2.75, 3.05) is 17.7 Å². The molecule has 3 aromatic rings. The van der Waals surface area contributed by atoms with E-state index in [-0.39, 0.29) is 39.7 Å². The van der Waals surface area contributed by atoms with E-state index in [4.69, 9.17) is 16.3 Å². The summed E-state index contributed by atoms with van der Waals surface area (Å²) in [5.41, 5.74) is 0.379. The number of para-hydroxylation sites is 1. The molecule has 2 amide bonds. The first-order chi connectivity index (χ1) is 15.3. The number of carbonyl (C=O) groups excluding carboxylic acids is 2. The van der Waals surface area contributed by atoms with Crippen LogP contribution in [0.3, 0.4) is 0 Å². The largest absolute Gasteiger partial charge is 0.495 e. The minimum atomic E-state index is -0.789. The molecule has 0 radical (unpaired) electrons. The number of halogens is 2. The minimum Gasteiger partial charge on any atom is -0.495 e. The summed E-state index contributed by atoms with van der Waals surface area (Å²) >= 11 is 5.71. The maximum Gasteiger partial charge on any atom is 0.273 e. The van der Waals surface area contributed by atoms with Gasteiger partial charge in [0.25, 0.3) is 11.6 Å². The van der Waals surface area contributed by atoms with Crippen LogP contribution in [-0.2, 0) is 11.2 Å². The lowest BCUT2D eigenvalue weighted by Gasteiger charge is -2.13. The van der Waals surface area contributed by atoms with E-state index in [1.807, 2.05) is 0 Å². The highest BCUT2D eigenvalue weighted by Gasteiger charge is 2.17. The van der Waals surface area contributed by atoms with Gasteiger partial charge in [0.15, 0.2) is 0 Å². The number of benzene rings is 3. The first kappa shape index (κ1) is 22.7. The van der Waals surface area contributed by atoms with Crippen LogP contribution in [0.4, 0.5) is 21.5 Å². The van der Waals surface area contributed by atoms with Crippen molar-refractivity contribution in [3.8, 4) is 5.75 Å². The molecular weight excluding hydrogens is 441 g/mol. The fourth-order valence-electron chi connectivity index (χ4n) is 2.96. The zero-order chi connectivity index (χ0) is 23.3. The smallest absolute Gasteiger partial charge is 0.273 e. The van der Waals surface area contributed by atoms with Gasteiger partial charge in [0.1, 0.15) is 11.6 Å². The molecule has 0 saturated heterocycles. The molecule has 0 aliphatic rings. The average Bonchev–Trinajstić information content (AvgIpc) is 2.74. The Morgan fingerprint density at radius 2 is 1.84 bits per heavy atom. The Hall–Kier alpha value is -3.98. The number of amides is 2. The highest BCUT2D eigenvalue weighted by atomic mass is 35.5. The molecule has 0 atom stereocenters. The monoisotopic (exact) mass is 457 g/mol. The molecule has 2 N–H and O–H groups in total. The summed E-state index contributed by atoms with van der Waals surface area (Å²) in [6, 6.07) is 14.1. The molecule has 164 valence electrons. The number of methoxy groups -OCH3 is 1. The van der Waals surface area contributed by atoms with Crippen LogP contribution in [-0.4, -0.2) is 23.8 Å². The van der Waals surface area contributed by atoms with Crippen molar-refractivity contribution in [1.29, 1.82) is 0 Å². The van der Waals surface area contributed by atoms with Crippen LogP contribution in [0.2, 0.25) is 5.02 Å². The van der Waals surface area contributed by atoms with Gasteiger partial charge in [-0.1, -0.05) is 29.8 Å². The topological polar surface area (TPSA) is 111 Å². The minimum absolute atomic E-state index is 0.153. The molecule has 0 heterocycles. The third-order valence-corrected chi connectivity index (χ3v) is 4.68. The van der Waals surface area contributed by atoms with Gasteiger partial charge in [-0.3, -0.25) is 19.7 Å². The number of hydrogen-bond donors (Lipinski definition) is 2. The number of nitro groups is 1. The van der Waals surface area contributed by atoms with Crippen LogP contribution < -0.4 is 15.4 Å². The van der Waals surface area contributed by atoms with Crippen molar-refractivity contribution < 1.29 is 23.6 Å². The van der Waals surface area contributed by atoms with Crippen molar-refractivity contribution >= 4 is 40.5 Å². The van der Waals surface area contributed by atoms with E-state index < -0.39 is 22.6 Å². The summed E-state index contributed by atoms with van der Waals surface area (Å²) in [6.45, 7) is 0. The van der Waals surface area contributed by atoms with Gasteiger partial charge < -0.3 is 15.4 Å². The van der Waals surface area contributed by atoms with Gasteiger partial charge in [0.05, 0.1) is 29.7 Å². The van der Waals surface area contributed by atoms with E-state index in [1.165, 1.54) is 55.6 Å². The maximum absolute atomic E-state index is 14.1. The first-order valence-corrected chi connectivity index (χ1v) is 9.63. The molecule has 3 rings (SSSR count). The number of ether oxygens (including phenoxy) is 1. The summed E-state index contributed by atoms with van der Waals surface area (Å²) in [4.78, 5) is 35.5. The van der Waals surface area contributed by atoms with Crippen molar-refractivity contribution in [3.63, 3.8) is 0 Å². The molecule has 0 spiro atoms. The molecule has 0 fully saturated rings. The average molecular weight is 458 g/mol. The number of carbonyl (C=O) groups is 2. The molecule has 10 heteroatoms. The molecule has 8 nitrogen and oxygen atoms in total. The zero-order valence-corrected chi connectivity index (χ0v) is 17.5. The molecule has 0 aliphatic carbocycles. The van der Waals surface area contributed by atoms with Crippen molar-refractivity contribution in [3.05, 3.63) is 92.7 Å². The molecule has 3 aromatic carbocycles. The second-order valence-electron chi connectivity index (χ2n) is 6.60. The Balaban J connectivity index is 1.78. The van der Waals surface area contributed by atoms with Gasteiger partial charge in [0, 0.05) is 22.3 Å². The van der Waals surface area contributed by atoms with E-state index in [2.05, 4.69) is 10.6 Å². The van der Waals surface area contributed by atoms with Crippen LogP contribution in [0.25, 0.3) is 0 Å². The Labute approximate surface area is 187 Å². The third-order valence-electron chi connectivity index (χ3n) is 4.45. The van der Waals surface area contributed by atoms with Gasteiger partial charge in [0.2, 0.25) is 5.91 Å². The zero-order valence-electron chi connectivity index (χ0n) is 16.7. The van der Waals surface area contributed by atoms with Gasteiger partial charge in [-0.2, -0.15) is 0 Å². The fraction of sp³-hybridized carbons (Fsp3) is 0.0909. The van der Waals surface area contributed by atoms with E-state index in [9.17, 15) is 24.1 Å². The molecular formula is C22H17ClFN3O5. The summed E-state index contributed by atoms with van der Waals surface area (Å²) < 4.78 is 19.3. The highest BCUT2D eigenvalue weighted by molar-refractivity contribution is 6.30. The SMILES string of the molecule is COc1ccc(NC(=O)Cc2ccccc2[N+](=O)[O-])cc1NC(=O)c1ccc(Cl)cc1F. The number of nitrogens with one attached hydrogen (secondary N) is 2. The van der Waals surface area contributed by atoms with Gasteiger partial charge >= 0.3 is 0 Å². The van der Waals surface area contributed by atoms with E-state index >= 15 is 0 Å². The highest BCUT2D eigenvalue weighted by Crippen LogP contribution is 2.29. The van der Waals surface area contributed by atoms with Gasteiger partial charge in [-0.15, -0.1) is 0 Å². The molecule has 0 unspecified atom stereocenters. The predicted octanol–water partition coefficient (Wildman–Crippen LogP) is 4.83. The Kier molecular flexibility index (Phi) is 7.01. The van der Waals surface area contributed by atoms with Crippen LogP contribution >= 0.6 is 11.6 Å². The fourth-order valence-corrected chi connectivity index (χ4v) is 3.12. The van der Waals surface area contributed by atoms with Crippen LogP contribution in [0, 0.1) is 15.9 Å². The van der Waals surface area contributed by atoms with Gasteiger partial charge in [-0.25, -0.2) is 4.39 Å². The Morgan fingerprint density at radius 1 is 1.09 bits per heavy atom. The summed E-state index contributed by atoms with van der Waals surface area (Å²) in [5, 5.41) is 16.4. The van der Waals surface area contributed by atoms with Crippen LogP contribution in [0.1, 0.15) is 15.9 Å². The normalized spacial score (nSPS) is 10.3. The molecule has 0 bridgehead atoms. The molecule has 32 heavy (non-hydrogen) atoms. The molecule has 0 aromatic heterocycles. The maximum atomic E-state index is 14.1. The second-order valence-corrected chi connectivity index (χ2v) is 7.04. The predicted molar refractivity (Wildman–Crippen MR) is 118 cm³/mol. The number of nitro benzene ring substituents is 1.